The smallest absolute Gasteiger partial charge is 0.227 e. The maximum absolute atomic E-state index is 10.2. The standard InChI is InChI=1S/C24H31N7O2/c1-15-9-17-11-25-24(28-20-12-26-31(16(20)2)18-3-4-18)27-19(17)10-21(15)29-5-7-30(8-6-29)22-13-33-14-23(22)32/h9-12,18,22-23,32H,3-8,13-14H2,1-2H3,(H,25,27,28). The summed E-state index contributed by atoms with van der Waals surface area (Å²) in [4.78, 5) is 14.1. The molecule has 0 spiro atoms. The summed E-state index contributed by atoms with van der Waals surface area (Å²) in [5, 5.41) is 19.1. The van der Waals surface area contributed by atoms with Gasteiger partial charge in [0, 0.05) is 43.4 Å². The van der Waals surface area contributed by atoms with Gasteiger partial charge in [0.25, 0.3) is 0 Å². The lowest BCUT2D eigenvalue weighted by atomic mass is 10.1. The van der Waals surface area contributed by atoms with Crippen LogP contribution < -0.4 is 10.2 Å². The van der Waals surface area contributed by atoms with Crippen LogP contribution in [0.5, 0.6) is 0 Å². The topological polar surface area (TPSA) is 91.6 Å². The normalized spacial score (nSPS) is 24.0. The zero-order chi connectivity index (χ0) is 22.5. The molecule has 0 bridgehead atoms. The Morgan fingerprint density at radius 1 is 1.06 bits per heavy atom. The average Bonchev–Trinajstić information content (AvgIpc) is 3.47. The predicted molar refractivity (Wildman–Crippen MR) is 127 cm³/mol. The molecular formula is C24H31N7O2. The number of hydrogen-bond donors (Lipinski definition) is 2. The minimum Gasteiger partial charge on any atom is -0.389 e. The fraction of sp³-hybridized carbons (Fsp3) is 0.542. The second-order valence-corrected chi connectivity index (χ2v) is 9.53. The number of benzene rings is 1. The van der Waals surface area contributed by atoms with E-state index in [2.05, 4.69) is 55.9 Å². The number of aromatic nitrogens is 4. The van der Waals surface area contributed by atoms with Crippen molar-refractivity contribution in [3.63, 3.8) is 0 Å². The van der Waals surface area contributed by atoms with Gasteiger partial charge < -0.3 is 20.1 Å². The third-order valence-corrected chi connectivity index (χ3v) is 7.23. The van der Waals surface area contributed by atoms with Gasteiger partial charge in [-0.2, -0.15) is 5.10 Å². The van der Waals surface area contributed by atoms with Crippen LogP contribution in [0, 0.1) is 13.8 Å². The van der Waals surface area contributed by atoms with Crippen molar-refractivity contribution in [2.75, 3.05) is 49.6 Å². The van der Waals surface area contributed by atoms with Gasteiger partial charge in [0.1, 0.15) is 0 Å². The van der Waals surface area contributed by atoms with Gasteiger partial charge in [0.15, 0.2) is 0 Å². The number of hydrogen-bond acceptors (Lipinski definition) is 8. The molecule has 2 N–H and O–H groups in total. The Kier molecular flexibility index (Phi) is 5.20. The van der Waals surface area contributed by atoms with Gasteiger partial charge in [-0.3, -0.25) is 9.58 Å². The molecule has 6 rings (SSSR count). The third kappa shape index (κ3) is 3.94. The molecule has 2 atom stereocenters. The van der Waals surface area contributed by atoms with E-state index >= 15 is 0 Å². The first-order valence-corrected chi connectivity index (χ1v) is 11.9. The summed E-state index contributed by atoms with van der Waals surface area (Å²) in [6, 6.07) is 5.03. The Morgan fingerprint density at radius 2 is 1.88 bits per heavy atom. The first kappa shape index (κ1) is 20.8. The van der Waals surface area contributed by atoms with Crippen molar-refractivity contribution in [1.29, 1.82) is 0 Å². The maximum Gasteiger partial charge on any atom is 0.227 e. The van der Waals surface area contributed by atoms with Crippen LogP contribution in [0.25, 0.3) is 10.9 Å². The number of fused-ring (bicyclic) bond motifs is 1. The molecule has 1 aromatic carbocycles. The van der Waals surface area contributed by atoms with E-state index in [0.717, 1.165) is 48.5 Å². The van der Waals surface area contributed by atoms with E-state index in [-0.39, 0.29) is 12.1 Å². The van der Waals surface area contributed by atoms with Gasteiger partial charge in [0.05, 0.1) is 54.5 Å². The zero-order valence-electron chi connectivity index (χ0n) is 19.2. The number of rotatable bonds is 5. The van der Waals surface area contributed by atoms with Crippen molar-refractivity contribution >= 4 is 28.2 Å². The van der Waals surface area contributed by atoms with E-state index in [4.69, 9.17) is 9.72 Å². The van der Waals surface area contributed by atoms with E-state index in [9.17, 15) is 5.11 Å². The zero-order valence-corrected chi connectivity index (χ0v) is 19.2. The van der Waals surface area contributed by atoms with Crippen molar-refractivity contribution < 1.29 is 9.84 Å². The lowest BCUT2D eigenvalue weighted by Crippen LogP contribution is -2.53. The summed E-state index contributed by atoms with van der Waals surface area (Å²) in [7, 11) is 0. The van der Waals surface area contributed by atoms with E-state index in [0.29, 0.717) is 25.2 Å². The molecule has 2 saturated heterocycles. The molecule has 2 unspecified atom stereocenters. The van der Waals surface area contributed by atoms with Gasteiger partial charge in [-0.05, 0) is 44.4 Å². The SMILES string of the molecule is Cc1cc2cnc(Nc3cnn(C4CC4)c3C)nc2cc1N1CCN(C2COCC2O)CC1. The molecule has 1 aliphatic carbocycles. The molecule has 3 fully saturated rings. The first-order chi connectivity index (χ1) is 16.1. The Bertz CT molecular complexity index is 1170. The summed E-state index contributed by atoms with van der Waals surface area (Å²) >= 11 is 0. The summed E-state index contributed by atoms with van der Waals surface area (Å²) in [6.07, 6.45) is 5.80. The van der Waals surface area contributed by atoms with Crippen LogP contribution in [0.3, 0.4) is 0 Å². The highest BCUT2D eigenvalue weighted by atomic mass is 16.5. The molecule has 2 aliphatic heterocycles. The number of anilines is 3. The Morgan fingerprint density at radius 3 is 2.61 bits per heavy atom. The van der Waals surface area contributed by atoms with E-state index < -0.39 is 0 Å². The van der Waals surface area contributed by atoms with Gasteiger partial charge in [0.2, 0.25) is 5.95 Å². The number of aryl methyl sites for hydroxylation is 1. The molecular weight excluding hydrogens is 418 g/mol. The average molecular weight is 450 g/mol. The van der Waals surface area contributed by atoms with Crippen LogP contribution in [0.15, 0.2) is 24.5 Å². The highest BCUT2D eigenvalue weighted by molar-refractivity contribution is 5.84. The van der Waals surface area contributed by atoms with E-state index in [1.54, 1.807) is 0 Å². The molecule has 3 aliphatic rings. The molecule has 2 aromatic heterocycles. The van der Waals surface area contributed by atoms with Crippen LogP contribution in [-0.4, -0.2) is 81.3 Å². The largest absolute Gasteiger partial charge is 0.389 e. The molecule has 0 radical (unpaired) electrons. The van der Waals surface area contributed by atoms with Gasteiger partial charge >= 0.3 is 0 Å². The number of ether oxygens (including phenoxy) is 1. The van der Waals surface area contributed by atoms with Crippen molar-refractivity contribution in [1.82, 2.24) is 24.6 Å². The molecule has 9 nitrogen and oxygen atoms in total. The maximum atomic E-state index is 10.2. The fourth-order valence-electron chi connectivity index (χ4n) is 5.11. The van der Waals surface area contributed by atoms with Crippen molar-refractivity contribution in [2.24, 2.45) is 0 Å². The highest BCUT2D eigenvalue weighted by Crippen LogP contribution is 2.37. The summed E-state index contributed by atoms with van der Waals surface area (Å²) in [5.74, 6) is 0.593. The van der Waals surface area contributed by atoms with Gasteiger partial charge in [-0.1, -0.05) is 0 Å². The Balaban J connectivity index is 1.20. The molecule has 1 saturated carbocycles. The molecule has 3 aromatic rings. The fourth-order valence-corrected chi connectivity index (χ4v) is 5.11. The summed E-state index contributed by atoms with van der Waals surface area (Å²) in [5.41, 5.74) is 5.46. The lowest BCUT2D eigenvalue weighted by Gasteiger charge is -2.40. The lowest BCUT2D eigenvalue weighted by molar-refractivity contribution is 0.0785. The van der Waals surface area contributed by atoms with Crippen molar-refractivity contribution in [3.8, 4) is 0 Å². The van der Waals surface area contributed by atoms with Gasteiger partial charge in [-0.15, -0.1) is 0 Å². The highest BCUT2D eigenvalue weighted by Gasteiger charge is 2.33. The molecule has 33 heavy (non-hydrogen) atoms. The second kappa shape index (κ2) is 8.23. The Hall–Kier alpha value is -2.75. The predicted octanol–water partition coefficient (Wildman–Crippen LogP) is 2.40. The van der Waals surface area contributed by atoms with Crippen LogP contribution in [0.2, 0.25) is 0 Å². The van der Waals surface area contributed by atoms with Crippen LogP contribution in [0.1, 0.15) is 30.1 Å². The minimum absolute atomic E-state index is 0.124. The number of aliphatic hydroxyl groups excluding tert-OH is 1. The van der Waals surface area contributed by atoms with Crippen molar-refractivity contribution in [2.45, 2.75) is 44.9 Å². The molecule has 9 heteroatoms. The summed E-state index contributed by atoms with van der Waals surface area (Å²) < 4.78 is 7.55. The Labute approximate surface area is 193 Å². The number of piperazine rings is 1. The molecule has 0 amide bonds. The minimum atomic E-state index is -0.374. The van der Waals surface area contributed by atoms with Crippen molar-refractivity contribution in [3.05, 3.63) is 35.8 Å². The molecule has 4 heterocycles. The third-order valence-electron chi connectivity index (χ3n) is 7.23. The second-order valence-electron chi connectivity index (χ2n) is 9.53. The van der Waals surface area contributed by atoms with Gasteiger partial charge in [-0.25, -0.2) is 9.97 Å². The van der Waals surface area contributed by atoms with E-state index in [1.807, 2.05) is 12.4 Å². The number of aliphatic hydroxyl groups is 1. The quantitative estimate of drug-likeness (QED) is 0.614. The monoisotopic (exact) mass is 449 g/mol. The summed E-state index contributed by atoms with van der Waals surface area (Å²) in [6.45, 7) is 9.00. The number of nitrogens with one attached hydrogen (secondary N) is 1. The first-order valence-electron chi connectivity index (χ1n) is 11.9. The van der Waals surface area contributed by atoms with Crippen LogP contribution in [0.4, 0.5) is 17.3 Å². The van der Waals surface area contributed by atoms with E-state index in [1.165, 1.54) is 24.1 Å². The van der Waals surface area contributed by atoms with Crippen LogP contribution >= 0.6 is 0 Å². The number of nitrogens with zero attached hydrogens (tertiary/aromatic N) is 6. The van der Waals surface area contributed by atoms with Crippen LogP contribution in [-0.2, 0) is 4.74 Å². The molecule has 174 valence electrons.